The largest absolute Gasteiger partial charge is 0.350 e. The average molecular weight is 314 g/mol. The second kappa shape index (κ2) is 6.48. The Labute approximate surface area is 135 Å². The molecule has 0 amide bonds. The molecule has 0 atom stereocenters. The van der Waals surface area contributed by atoms with E-state index < -0.39 is 0 Å². The monoisotopic (exact) mass is 314 g/mol. The highest BCUT2D eigenvalue weighted by Crippen LogP contribution is 2.27. The predicted molar refractivity (Wildman–Crippen MR) is 93.9 cm³/mol. The number of thiazole rings is 1. The SMILES string of the molecule is CN=C(NCc1csc(C(C)C)n1)N1CCc2ccccc21. The zero-order valence-electron chi connectivity index (χ0n) is 13.3. The number of hydrogen-bond donors (Lipinski definition) is 1. The minimum absolute atomic E-state index is 0.489. The summed E-state index contributed by atoms with van der Waals surface area (Å²) in [5, 5.41) is 6.77. The molecular weight excluding hydrogens is 292 g/mol. The molecule has 5 heteroatoms. The average Bonchev–Trinajstić information content (AvgIpc) is 3.15. The summed E-state index contributed by atoms with van der Waals surface area (Å²) in [6.07, 6.45) is 1.07. The second-order valence-electron chi connectivity index (χ2n) is 5.76. The first kappa shape index (κ1) is 15.0. The van der Waals surface area contributed by atoms with E-state index in [0.29, 0.717) is 12.5 Å². The smallest absolute Gasteiger partial charge is 0.198 e. The number of guanidine groups is 1. The van der Waals surface area contributed by atoms with Crippen LogP contribution in [-0.4, -0.2) is 24.5 Å². The molecule has 0 bridgehead atoms. The van der Waals surface area contributed by atoms with E-state index in [2.05, 4.69) is 63.7 Å². The number of nitrogens with zero attached hydrogens (tertiary/aromatic N) is 3. The molecule has 22 heavy (non-hydrogen) atoms. The molecule has 0 fully saturated rings. The molecule has 0 spiro atoms. The van der Waals surface area contributed by atoms with Crippen molar-refractivity contribution in [3.63, 3.8) is 0 Å². The maximum Gasteiger partial charge on any atom is 0.198 e. The molecule has 1 aliphatic rings. The number of aliphatic imine (C=N–C) groups is 1. The highest BCUT2D eigenvalue weighted by molar-refractivity contribution is 7.09. The van der Waals surface area contributed by atoms with Crippen LogP contribution in [0, 0.1) is 0 Å². The van der Waals surface area contributed by atoms with Gasteiger partial charge in [-0.1, -0.05) is 32.0 Å². The fourth-order valence-corrected chi connectivity index (χ4v) is 3.53. The molecular formula is C17H22N4S. The molecule has 1 N–H and O–H groups in total. The van der Waals surface area contributed by atoms with Crippen LogP contribution in [0.2, 0.25) is 0 Å². The van der Waals surface area contributed by atoms with Crippen LogP contribution in [-0.2, 0) is 13.0 Å². The van der Waals surface area contributed by atoms with Crippen LogP contribution in [0.15, 0.2) is 34.6 Å². The zero-order valence-corrected chi connectivity index (χ0v) is 14.2. The number of fused-ring (bicyclic) bond motifs is 1. The summed E-state index contributed by atoms with van der Waals surface area (Å²) in [6.45, 7) is 6.05. The van der Waals surface area contributed by atoms with Gasteiger partial charge in [0.1, 0.15) is 0 Å². The lowest BCUT2D eigenvalue weighted by atomic mass is 10.2. The summed E-state index contributed by atoms with van der Waals surface area (Å²) in [6, 6.07) is 8.54. The third-order valence-corrected chi connectivity index (χ3v) is 5.04. The van der Waals surface area contributed by atoms with Gasteiger partial charge in [0, 0.05) is 30.6 Å². The summed E-state index contributed by atoms with van der Waals surface area (Å²) in [7, 11) is 1.84. The molecule has 4 nitrogen and oxygen atoms in total. The van der Waals surface area contributed by atoms with Gasteiger partial charge in [-0.25, -0.2) is 4.98 Å². The lowest BCUT2D eigenvalue weighted by Crippen LogP contribution is -2.40. The number of hydrogen-bond acceptors (Lipinski definition) is 3. The third kappa shape index (κ3) is 2.99. The molecule has 0 unspecified atom stereocenters. The van der Waals surface area contributed by atoms with Crippen molar-refractivity contribution < 1.29 is 0 Å². The van der Waals surface area contributed by atoms with Gasteiger partial charge in [0.15, 0.2) is 5.96 Å². The Morgan fingerprint density at radius 2 is 2.23 bits per heavy atom. The van der Waals surface area contributed by atoms with Crippen LogP contribution in [0.3, 0.4) is 0 Å². The number of para-hydroxylation sites is 1. The Morgan fingerprint density at radius 1 is 1.41 bits per heavy atom. The lowest BCUT2D eigenvalue weighted by Gasteiger charge is -2.22. The zero-order chi connectivity index (χ0) is 15.5. The van der Waals surface area contributed by atoms with Crippen LogP contribution in [0.1, 0.15) is 36.0 Å². The van der Waals surface area contributed by atoms with E-state index in [4.69, 9.17) is 0 Å². The van der Waals surface area contributed by atoms with Gasteiger partial charge >= 0.3 is 0 Å². The van der Waals surface area contributed by atoms with Crippen molar-refractivity contribution in [2.24, 2.45) is 4.99 Å². The van der Waals surface area contributed by atoms with E-state index in [1.165, 1.54) is 16.3 Å². The summed E-state index contributed by atoms with van der Waals surface area (Å²) in [4.78, 5) is 11.4. The van der Waals surface area contributed by atoms with Crippen LogP contribution in [0.25, 0.3) is 0 Å². The van der Waals surface area contributed by atoms with Crippen molar-refractivity contribution >= 4 is 23.0 Å². The number of benzene rings is 1. The fraction of sp³-hybridized carbons (Fsp3) is 0.412. The van der Waals surface area contributed by atoms with E-state index in [-0.39, 0.29) is 0 Å². The molecule has 1 aromatic carbocycles. The third-order valence-electron chi connectivity index (χ3n) is 3.85. The first-order valence-electron chi connectivity index (χ1n) is 7.69. The first-order chi connectivity index (χ1) is 10.7. The quantitative estimate of drug-likeness (QED) is 0.697. The molecule has 1 aromatic heterocycles. The van der Waals surface area contributed by atoms with Crippen molar-refractivity contribution in [3.8, 4) is 0 Å². The molecule has 2 aromatic rings. The van der Waals surface area contributed by atoms with E-state index in [9.17, 15) is 0 Å². The van der Waals surface area contributed by atoms with E-state index in [1.54, 1.807) is 11.3 Å². The molecule has 0 radical (unpaired) electrons. The maximum atomic E-state index is 4.67. The molecule has 1 aliphatic heterocycles. The lowest BCUT2D eigenvalue weighted by molar-refractivity contribution is 0.808. The Bertz CT molecular complexity index is 675. The van der Waals surface area contributed by atoms with Crippen molar-refractivity contribution in [2.45, 2.75) is 32.7 Å². The van der Waals surface area contributed by atoms with Gasteiger partial charge in [-0.05, 0) is 18.1 Å². The van der Waals surface area contributed by atoms with Gasteiger partial charge in [-0.3, -0.25) is 4.99 Å². The Morgan fingerprint density at radius 3 is 2.95 bits per heavy atom. The van der Waals surface area contributed by atoms with E-state index in [0.717, 1.165) is 24.6 Å². The summed E-state index contributed by atoms with van der Waals surface area (Å²) < 4.78 is 0. The Hall–Kier alpha value is -1.88. The number of nitrogens with one attached hydrogen (secondary N) is 1. The van der Waals surface area contributed by atoms with Crippen LogP contribution >= 0.6 is 11.3 Å². The molecule has 116 valence electrons. The van der Waals surface area contributed by atoms with E-state index >= 15 is 0 Å². The van der Waals surface area contributed by atoms with Crippen molar-refractivity contribution in [1.29, 1.82) is 0 Å². The van der Waals surface area contributed by atoms with Crippen molar-refractivity contribution in [3.05, 3.63) is 45.9 Å². The van der Waals surface area contributed by atoms with E-state index in [1.807, 2.05) is 7.05 Å². The van der Waals surface area contributed by atoms with Gasteiger partial charge in [0.05, 0.1) is 17.2 Å². The molecule has 0 aliphatic carbocycles. The Kier molecular flexibility index (Phi) is 4.43. The molecule has 2 heterocycles. The predicted octanol–water partition coefficient (Wildman–Crippen LogP) is 3.40. The van der Waals surface area contributed by atoms with Gasteiger partial charge in [0.25, 0.3) is 0 Å². The normalized spacial score (nSPS) is 14.5. The highest BCUT2D eigenvalue weighted by atomic mass is 32.1. The van der Waals surface area contributed by atoms with Crippen molar-refractivity contribution in [1.82, 2.24) is 10.3 Å². The van der Waals surface area contributed by atoms with Gasteiger partial charge < -0.3 is 10.2 Å². The van der Waals surface area contributed by atoms with Crippen LogP contribution < -0.4 is 10.2 Å². The fourth-order valence-electron chi connectivity index (χ4n) is 2.69. The minimum Gasteiger partial charge on any atom is -0.350 e. The first-order valence-corrected chi connectivity index (χ1v) is 8.57. The van der Waals surface area contributed by atoms with Crippen molar-refractivity contribution in [2.75, 3.05) is 18.5 Å². The van der Waals surface area contributed by atoms with Gasteiger partial charge in [0.2, 0.25) is 0 Å². The number of anilines is 1. The number of aromatic nitrogens is 1. The topological polar surface area (TPSA) is 40.5 Å². The van der Waals surface area contributed by atoms with Crippen LogP contribution in [0.5, 0.6) is 0 Å². The summed E-state index contributed by atoms with van der Waals surface area (Å²) in [5.74, 6) is 1.41. The molecule has 0 saturated heterocycles. The highest BCUT2D eigenvalue weighted by Gasteiger charge is 2.22. The maximum absolute atomic E-state index is 4.67. The molecule has 0 saturated carbocycles. The standard InChI is InChI=1S/C17H22N4S/c1-12(2)16-20-14(11-22-16)10-19-17(18-3)21-9-8-13-6-4-5-7-15(13)21/h4-7,11-12H,8-10H2,1-3H3,(H,18,19). The Balaban J connectivity index is 1.68. The minimum atomic E-state index is 0.489. The number of rotatable bonds is 3. The summed E-state index contributed by atoms with van der Waals surface area (Å²) in [5.41, 5.74) is 3.74. The van der Waals surface area contributed by atoms with Gasteiger partial charge in [-0.15, -0.1) is 11.3 Å². The summed E-state index contributed by atoms with van der Waals surface area (Å²) >= 11 is 1.73. The van der Waals surface area contributed by atoms with Gasteiger partial charge in [-0.2, -0.15) is 0 Å². The second-order valence-corrected chi connectivity index (χ2v) is 6.65. The molecule has 3 rings (SSSR count). The van der Waals surface area contributed by atoms with Crippen LogP contribution in [0.4, 0.5) is 5.69 Å².